The van der Waals surface area contributed by atoms with Gasteiger partial charge >= 0.3 is 0 Å². The lowest BCUT2D eigenvalue weighted by molar-refractivity contribution is -0.133. The summed E-state index contributed by atoms with van der Waals surface area (Å²) in [7, 11) is 1.55. The van der Waals surface area contributed by atoms with Crippen molar-refractivity contribution in [1.29, 1.82) is 0 Å². The van der Waals surface area contributed by atoms with E-state index in [-0.39, 0.29) is 24.9 Å². The monoisotopic (exact) mass is 324 g/mol. The fourth-order valence-electron chi connectivity index (χ4n) is 1.61. The Morgan fingerprint density at radius 3 is 2.70 bits per heavy atom. The van der Waals surface area contributed by atoms with Crippen LogP contribution in [0.4, 0.5) is 4.39 Å². The van der Waals surface area contributed by atoms with Crippen LogP contribution < -0.4 is 5.73 Å². The third-order valence-corrected chi connectivity index (χ3v) is 2.99. The lowest BCUT2D eigenvalue weighted by atomic mass is 10.2. The minimum atomic E-state index is -0.601. The normalized spacial score (nSPS) is 11.7. The first kappa shape index (κ1) is 19.1. The van der Waals surface area contributed by atoms with Gasteiger partial charge in [-0.2, -0.15) is 0 Å². The number of rotatable bonds is 6. The molecule has 0 aromatic heterocycles. The molecule has 114 valence electrons. The van der Waals surface area contributed by atoms with Crippen LogP contribution in [0.15, 0.2) is 18.2 Å². The zero-order valence-electron chi connectivity index (χ0n) is 11.4. The number of ether oxygens (including phenoxy) is 1. The molecule has 0 spiro atoms. The van der Waals surface area contributed by atoms with Gasteiger partial charge in [-0.1, -0.05) is 17.7 Å². The second-order valence-electron chi connectivity index (χ2n) is 4.28. The van der Waals surface area contributed by atoms with Crippen molar-refractivity contribution in [2.24, 2.45) is 5.73 Å². The summed E-state index contributed by atoms with van der Waals surface area (Å²) in [6.07, 6.45) is 0. The lowest BCUT2D eigenvalue weighted by Gasteiger charge is -2.24. The average Bonchev–Trinajstić information content (AvgIpc) is 2.36. The highest BCUT2D eigenvalue weighted by atomic mass is 35.5. The van der Waals surface area contributed by atoms with E-state index in [0.717, 1.165) is 0 Å². The molecule has 1 aromatic carbocycles. The molecular weight excluding hydrogens is 306 g/mol. The van der Waals surface area contributed by atoms with E-state index in [1.807, 2.05) is 0 Å². The lowest BCUT2D eigenvalue weighted by Crippen LogP contribution is -2.43. The van der Waals surface area contributed by atoms with Crippen LogP contribution in [0.25, 0.3) is 0 Å². The minimum Gasteiger partial charge on any atom is -0.383 e. The fourth-order valence-corrected chi connectivity index (χ4v) is 1.84. The molecule has 1 atom stereocenters. The van der Waals surface area contributed by atoms with Gasteiger partial charge in [0.05, 0.1) is 12.6 Å². The zero-order chi connectivity index (χ0) is 14.4. The van der Waals surface area contributed by atoms with E-state index in [9.17, 15) is 9.18 Å². The first-order valence-electron chi connectivity index (χ1n) is 5.93. The Morgan fingerprint density at radius 1 is 1.55 bits per heavy atom. The van der Waals surface area contributed by atoms with Gasteiger partial charge in [0, 0.05) is 25.2 Å². The molecular formula is C13H19Cl2FN2O2. The molecule has 2 N–H and O–H groups in total. The number of nitrogens with zero attached hydrogens (tertiary/aromatic N) is 1. The van der Waals surface area contributed by atoms with E-state index in [4.69, 9.17) is 22.1 Å². The van der Waals surface area contributed by atoms with Crippen molar-refractivity contribution in [2.45, 2.75) is 19.5 Å². The van der Waals surface area contributed by atoms with Gasteiger partial charge in [-0.15, -0.1) is 12.4 Å². The Hall–Kier alpha value is -0.880. The van der Waals surface area contributed by atoms with Crippen molar-refractivity contribution in [3.63, 3.8) is 0 Å². The van der Waals surface area contributed by atoms with E-state index in [1.165, 1.54) is 12.1 Å². The molecule has 0 unspecified atom stereocenters. The summed E-state index contributed by atoms with van der Waals surface area (Å²) in [5.74, 6) is -0.604. The van der Waals surface area contributed by atoms with Gasteiger partial charge in [0.1, 0.15) is 5.82 Å². The second kappa shape index (κ2) is 9.13. The molecule has 7 heteroatoms. The Kier molecular flexibility index (Phi) is 8.73. The first-order valence-corrected chi connectivity index (χ1v) is 6.30. The molecule has 0 aliphatic heterocycles. The maximum Gasteiger partial charge on any atom is 0.239 e. The number of nitrogens with two attached hydrogens (primary N) is 1. The molecule has 0 aliphatic rings. The molecule has 0 saturated carbocycles. The van der Waals surface area contributed by atoms with Gasteiger partial charge < -0.3 is 15.4 Å². The van der Waals surface area contributed by atoms with E-state index < -0.39 is 11.9 Å². The molecule has 0 bridgehead atoms. The van der Waals surface area contributed by atoms with Crippen molar-refractivity contribution in [2.75, 3.05) is 20.3 Å². The van der Waals surface area contributed by atoms with Crippen LogP contribution in [0.5, 0.6) is 0 Å². The number of methoxy groups -OCH3 is 1. The van der Waals surface area contributed by atoms with E-state index >= 15 is 0 Å². The zero-order valence-corrected chi connectivity index (χ0v) is 13.0. The Morgan fingerprint density at radius 2 is 2.20 bits per heavy atom. The predicted molar refractivity (Wildman–Crippen MR) is 79.6 cm³/mol. The molecule has 0 heterocycles. The van der Waals surface area contributed by atoms with E-state index in [0.29, 0.717) is 23.7 Å². The summed E-state index contributed by atoms with van der Waals surface area (Å²) < 4.78 is 17.9. The summed E-state index contributed by atoms with van der Waals surface area (Å²) >= 11 is 5.95. The number of hydrogen-bond donors (Lipinski definition) is 1. The third kappa shape index (κ3) is 5.63. The molecule has 0 saturated heterocycles. The van der Waals surface area contributed by atoms with Crippen LogP contribution in [0, 0.1) is 5.82 Å². The number of hydrogen-bond acceptors (Lipinski definition) is 3. The van der Waals surface area contributed by atoms with Crippen molar-refractivity contribution >= 4 is 29.9 Å². The van der Waals surface area contributed by atoms with E-state index in [2.05, 4.69) is 0 Å². The number of halogens is 3. The van der Waals surface area contributed by atoms with Crippen LogP contribution in [-0.2, 0) is 16.1 Å². The smallest absolute Gasteiger partial charge is 0.239 e. The summed E-state index contributed by atoms with van der Waals surface area (Å²) in [5, 5.41) is 0.292. The molecule has 0 fully saturated rings. The van der Waals surface area contributed by atoms with Gasteiger partial charge in [-0.25, -0.2) is 4.39 Å². The quantitative estimate of drug-likeness (QED) is 0.873. The van der Waals surface area contributed by atoms with Crippen LogP contribution in [0.2, 0.25) is 5.02 Å². The molecule has 4 nitrogen and oxygen atoms in total. The standard InChI is InChI=1S/C13H18ClFN2O2.ClH/c1-9(16)13(18)17(5-6-19-2)8-10-3-4-11(15)7-12(10)14;/h3-4,7,9H,5-6,8,16H2,1-2H3;1H/t9-;/m0./s1. The van der Waals surface area contributed by atoms with Crippen LogP contribution >= 0.6 is 24.0 Å². The molecule has 0 aliphatic carbocycles. The predicted octanol–water partition coefficient (Wildman–Crippen LogP) is 2.22. The highest BCUT2D eigenvalue weighted by Crippen LogP contribution is 2.19. The minimum absolute atomic E-state index is 0. The Bertz CT molecular complexity index is 444. The summed E-state index contributed by atoms with van der Waals surface area (Å²) in [6.45, 7) is 2.71. The van der Waals surface area contributed by atoms with Gasteiger partial charge in [-0.05, 0) is 24.6 Å². The Labute approximate surface area is 129 Å². The van der Waals surface area contributed by atoms with Crippen molar-refractivity contribution in [3.8, 4) is 0 Å². The maximum atomic E-state index is 13.0. The molecule has 0 radical (unpaired) electrons. The van der Waals surface area contributed by atoms with Gasteiger partial charge in [-0.3, -0.25) is 4.79 Å². The highest BCUT2D eigenvalue weighted by molar-refractivity contribution is 6.31. The Balaban J connectivity index is 0.00000361. The van der Waals surface area contributed by atoms with Gasteiger partial charge in [0.15, 0.2) is 0 Å². The summed E-state index contributed by atoms with van der Waals surface area (Å²) in [5.41, 5.74) is 6.27. The van der Waals surface area contributed by atoms with Crippen molar-refractivity contribution in [1.82, 2.24) is 4.90 Å². The molecule has 1 aromatic rings. The maximum absolute atomic E-state index is 13.0. The SMILES string of the molecule is COCCN(Cc1ccc(F)cc1Cl)C(=O)[C@H](C)N.Cl. The van der Waals surface area contributed by atoms with Crippen LogP contribution in [0.3, 0.4) is 0 Å². The average molecular weight is 325 g/mol. The summed E-state index contributed by atoms with van der Waals surface area (Å²) in [6, 6.07) is 3.50. The summed E-state index contributed by atoms with van der Waals surface area (Å²) in [4.78, 5) is 13.5. The van der Waals surface area contributed by atoms with Gasteiger partial charge in [0.2, 0.25) is 5.91 Å². The van der Waals surface area contributed by atoms with E-state index in [1.54, 1.807) is 25.0 Å². The van der Waals surface area contributed by atoms with Crippen molar-refractivity contribution < 1.29 is 13.9 Å². The second-order valence-corrected chi connectivity index (χ2v) is 4.68. The number of carbonyl (C=O) groups excluding carboxylic acids is 1. The number of carbonyl (C=O) groups is 1. The molecule has 1 rings (SSSR count). The third-order valence-electron chi connectivity index (χ3n) is 2.64. The van der Waals surface area contributed by atoms with Crippen LogP contribution in [0.1, 0.15) is 12.5 Å². The number of amides is 1. The fraction of sp³-hybridized carbons (Fsp3) is 0.462. The van der Waals surface area contributed by atoms with Crippen LogP contribution in [-0.4, -0.2) is 37.1 Å². The molecule has 1 amide bonds. The highest BCUT2D eigenvalue weighted by Gasteiger charge is 2.18. The topological polar surface area (TPSA) is 55.6 Å². The van der Waals surface area contributed by atoms with Gasteiger partial charge in [0.25, 0.3) is 0 Å². The largest absolute Gasteiger partial charge is 0.383 e. The first-order chi connectivity index (χ1) is 8.95. The number of benzene rings is 1. The molecule has 20 heavy (non-hydrogen) atoms. The van der Waals surface area contributed by atoms with Crippen molar-refractivity contribution in [3.05, 3.63) is 34.6 Å².